The molecule has 0 aliphatic carbocycles. The molecule has 0 aromatic heterocycles. The molecule has 0 bridgehead atoms. The van der Waals surface area contributed by atoms with Gasteiger partial charge in [0.05, 0.1) is 31.8 Å². The molecule has 2 aromatic rings. The summed E-state index contributed by atoms with van der Waals surface area (Å²) >= 11 is 5.88. The lowest BCUT2D eigenvalue weighted by atomic mass is 9.83. The van der Waals surface area contributed by atoms with Crippen molar-refractivity contribution in [3.8, 4) is 0 Å². The minimum atomic E-state index is -0.820. The van der Waals surface area contributed by atoms with E-state index in [-0.39, 0.29) is 19.8 Å². The molecule has 0 radical (unpaired) electrons. The summed E-state index contributed by atoms with van der Waals surface area (Å²) < 4.78 is 5.70. The van der Waals surface area contributed by atoms with Gasteiger partial charge in [0.15, 0.2) is 0 Å². The Kier molecular flexibility index (Phi) is 5.76. The zero-order valence-electron chi connectivity index (χ0n) is 11.7. The zero-order valence-corrected chi connectivity index (χ0v) is 12.5. The molecule has 0 heterocycles. The van der Waals surface area contributed by atoms with Crippen LogP contribution in [-0.4, -0.2) is 30.0 Å². The van der Waals surface area contributed by atoms with Crippen LogP contribution in [0.15, 0.2) is 54.6 Å². The van der Waals surface area contributed by atoms with E-state index in [4.69, 9.17) is 16.3 Å². The number of aliphatic hydroxyl groups is 2. The molecule has 0 fully saturated rings. The lowest BCUT2D eigenvalue weighted by molar-refractivity contribution is 0.0131. The smallest absolute Gasteiger partial charge is 0.0717 e. The minimum Gasteiger partial charge on any atom is -0.395 e. The van der Waals surface area contributed by atoms with Gasteiger partial charge in [-0.2, -0.15) is 0 Å². The van der Waals surface area contributed by atoms with Crippen LogP contribution in [0, 0.1) is 0 Å². The molecule has 0 aliphatic rings. The Morgan fingerprint density at radius 3 is 2.10 bits per heavy atom. The highest BCUT2D eigenvalue weighted by Crippen LogP contribution is 2.26. The summed E-state index contributed by atoms with van der Waals surface area (Å²) in [5, 5.41) is 20.1. The number of aliphatic hydroxyl groups excluding tert-OH is 2. The fourth-order valence-electron chi connectivity index (χ4n) is 2.15. The van der Waals surface area contributed by atoms with E-state index in [9.17, 15) is 10.2 Å². The van der Waals surface area contributed by atoms with Crippen molar-refractivity contribution in [1.29, 1.82) is 0 Å². The van der Waals surface area contributed by atoms with E-state index in [1.807, 2.05) is 30.3 Å². The van der Waals surface area contributed by atoms with Crippen LogP contribution < -0.4 is 0 Å². The van der Waals surface area contributed by atoms with Gasteiger partial charge in [-0.25, -0.2) is 0 Å². The molecule has 0 atom stereocenters. The Labute approximate surface area is 129 Å². The quantitative estimate of drug-likeness (QED) is 0.827. The van der Waals surface area contributed by atoms with Gasteiger partial charge in [-0.3, -0.25) is 0 Å². The second kappa shape index (κ2) is 7.57. The van der Waals surface area contributed by atoms with Crippen LogP contribution in [0.2, 0.25) is 5.02 Å². The SMILES string of the molecule is OCC(CO)(COCc1ccccc1)c1ccc(Cl)cc1. The zero-order chi connectivity index (χ0) is 15.1. The van der Waals surface area contributed by atoms with E-state index in [0.717, 1.165) is 11.1 Å². The summed E-state index contributed by atoms with van der Waals surface area (Å²) in [4.78, 5) is 0. The number of ether oxygens (including phenoxy) is 1. The molecular weight excluding hydrogens is 288 g/mol. The second-order valence-corrected chi connectivity index (χ2v) is 5.52. The molecule has 0 saturated carbocycles. The summed E-state index contributed by atoms with van der Waals surface area (Å²) in [6.45, 7) is 0.284. The first-order valence-corrected chi connectivity index (χ1v) is 7.17. The Balaban J connectivity index is 2.06. The Morgan fingerprint density at radius 2 is 1.52 bits per heavy atom. The molecule has 112 valence electrons. The van der Waals surface area contributed by atoms with Crippen molar-refractivity contribution < 1.29 is 14.9 Å². The van der Waals surface area contributed by atoms with Crippen LogP contribution in [0.25, 0.3) is 0 Å². The lowest BCUT2D eigenvalue weighted by Crippen LogP contribution is -2.39. The summed E-state index contributed by atoms with van der Waals surface area (Å²) in [5.74, 6) is 0. The first-order chi connectivity index (χ1) is 10.2. The monoisotopic (exact) mass is 306 g/mol. The number of hydrogen-bond acceptors (Lipinski definition) is 3. The third kappa shape index (κ3) is 4.05. The van der Waals surface area contributed by atoms with Crippen molar-refractivity contribution in [3.05, 3.63) is 70.7 Å². The van der Waals surface area contributed by atoms with E-state index in [2.05, 4.69) is 0 Å². The largest absolute Gasteiger partial charge is 0.395 e. The van der Waals surface area contributed by atoms with E-state index >= 15 is 0 Å². The van der Waals surface area contributed by atoms with Crippen molar-refractivity contribution in [2.24, 2.45) is 0 Å². The minimum absolute atomic E-state index is 0.195. The topological polar surface area (TPSA) is 49.7 Å². The standard InChI is InChI=1S/C17H19ClO3/c18-16-8-6-15(7-9-16)17(11-19,12-20)13-21-10-14-4-2-1-3-5-14/h1-9,19-20H,10-13H2. The normalized spacial score (nSPS) is 11.6. The Bertz CT molecular complexity index is 536. The second-order valence-electron chi connectivity index (χ2n) is 5.08. The summed E-state index contributed by atoms with van der Waals surface area (Å²) in [5.41, 5.74) is 1.04. The predicted octanol–water partition coefficient (Wildman–Crippen LogP) is 2.78. The van der Waals surface area contributed by atoms with Gasteiger partial charge in [0.1, 0.15) is 0 Å². The van der Waals surface area contributed by atoms with Crippen molar-refractivity contribution in [1.82, 2.24) is 0 Å². The van der Waals surface area contributed by atoms with Crippen LogP contribution >= 0.6 is 11.6 Å². The van der Waals surface area contributed by atoms with Crippen LogP contribution in [0.1, 0.15) is 11.1 Å². The van der Waals surface area contributed by atoms with Crippen molar-refractivity contribution in [3.63, 3.8) is 0 Å². The van der Waals surface area contributed by atoms with Gasteiger partial charge in [-0.05, 0) is 23.3 Å². The predicted molar refractivity (Wildman–Crippen MR) is 83.4 cm³/mol. The maximum absolute atomic E-state index is 9.72. The third-order valence-corrected chi connectivity index (χ3v) is 3.80. The van der Waals surface area contributed by atoms with Gasteiger partial charge < -0.3 is 14.9 Å². The van der Waals surface area contributed by atoms with Gasteiger partial charge in [0.25, 0.3) is 0 Å². The van der Waals surface area contributed by atoms with E-state index in [0.29, 0.717) is 11.6 Å². The molecule has 0 spiro atoms. The number of benzene rings is 2. The number of rotatable bonds is 7. The molecule has 0 saturated heterocycles. The molecule has 21 heavy (non-hydrogen) atoms. The molecule has 4 heteroatoms. The third-order valence-electron chi connectivity index (χ3n) is 3.55. The van der Waals surface area contributed by atoms with E-state index < -0.39 is 5.41 Å². The first-order valence-electron chi connectivity index (χ1n) is 6.80. The molecule has 0 unspecified atom stereocenters. The molecule has 2 rings (SSSR count). The fraction of sp³-hybridized carbons (Fsp3) is 0.294. The highest BCUT2D eigenvalue weighted by molar-refractivity contribution is 6.30. The summed E-state index contributed by atoms with van der Waals surface area (Å²) in [6, 6.07) is 16.9. The van der Waals surface area contributed by atoms with E-state index in [1.54, 1.807) is 24.3 Å². The summed E-state index contributed by atoms with van der Waals surface area (Å²) in [6.07, 6.45) is 0. The Morgan fingerprint density at radius 1 is 0.905 bits per heavy atom. The molecular formula is C17H19ClO3. The average molecular weight is 307 g/mol. The molecule has 3 nitrogen and oxygen atoms in total. The van der Waals surface area contributed by atoms with Gasteiger partial charge in [0, 0.05) is 5.02 Å². The average Bonchev–Trinajstić information content (AvgIpc) is 2.54. The maximum Gasteiger partial charge on any atom is 0.0717 e. The fourth-order valence-corrected chi connectivity index (χ4v) is 2.28. The summed E-state index contributed by atoms with van der Waals surface area (Å²) in [7, 11) is 0. The van der Waals surface area contributed by atoms with Crippen molar-refractivity contribution >= 4 is 11.6 Å². The van der Waals surface area contributed by atoms with Crippen LogP contribution in [0.3, 0.4) is 0 Å². The molecule has 0 amide bonds. The van der Waals surface area contributed by atoms with Crippen LogP contribution in [-0.2, 0) is 16.8 Å². The highest BCUT2D eigenvalue weighted by Gasteiger charge is 2.31. The van der Waals surface area contributed by atoms with Crippen LogP contribution in [0.5, 0.6) is 0 Å². The number of halogens is 1. The van der Waals surface area contributed by atoms with Gasteiger partial charge in [-0.1, -0.05) is 54.1 Å². The Hall–Kier alpha value is -1.39. The first kappa shape index (κ1) is 16.0. The molecule has 2 aromatic carbocycles. The van der Waals surface area contributed by atoms with Crippen molar-refractivity contribution in [2.75, 3.05) is 19.8 Å². The van der Waals surface area contributed by atoms with E-state index in [1.165, 1.54) is 0 Å². The molecule has 2 N–H and O–H groups in total. The van der Waals surface area contributed by atoms with Gasteiger partial charge >= 0.3 is 0 Å². The molecule has 0 aliphatic heterocycles. The number of hydrogen-bond donors (Lipinski definition) is 2. The lowest BCUT2D eigenvalue weighted by Gasteiger charge is -2.30. The van der Waals surface area contributed by atoms with Crippen molar-refractivity contribution in [2.45, 2.75) is 12.0 Å². The maximum atomic E-state index is 9.72. The highest BCUT2D eigenvalue weighted by atomic mass is 35.5. The van der Waals surface area contributed by atoms with Crippen LogP contribution in [0.4, 0.5) is 0 Å². The van der Waals surface area contributed by atoms with Gasteiger partial charge in [0.2, 0.25) is 0 Å². The van der Waals surface area contributed by atoms with Gasteiger partial charge in [-0.15, -0.1) is 0 Å².